The third-order valence-corrected chi connectivity index (χ3v) is 4.99. The summed E-state index contributed by atoms with van der Waals surface area (Å²) in [6.07, 6.45) is 3.23. The first-order valence-electron chi connectivity index (χ1n) is 7.90. The minimum Gasteiger partial charge on any atom is -0.349 e. The summed E-state index contributed by atoms with van der Waals surface area (Å²) >= 11 is 6.48. The highest BCUT2D eigenvalue weighted by Crippen LogP contribution is 2.28. The normalized spacial score (nSPS) is 14.1. The molecule has 2 aromatic heterocycles. The zero-order valence-corrected chi connectivity index (χ0v) is 14.3. The van der Waals surface area contributed by atoms with E-state index in [2.05, 4.69) is 27.5 Å². The maximum absolute atomic E-state index is 12.7. The number of amides is 1. The molecule has 0 fully saturated rings. The van der Waals surface area contributed by atoms with Crippen LogP contribution in [0.2, 0.25) is 5.02 Å². The van der Waals surface area contributed by atoms with Gasteiger partial charge in [0.2, 0.25) is 0 Å². The van der Waals surface area contributed by atoms with Crippen LogP contribution < -0.4 is 5.32 Å². The standard InChI is InChI=1S/C18H17ClN4O/c1-10-15-16(19)14(9-20-17(15)23(2)22-10)18(24)21-13-7-11-5-3-4-6-12(11)8-13/h3-6,9,13H,7-8H2,1-2H3,(H,21,24). The lowest BCUT2D eigenvalue weighted by Gasteiger charge is -2.13. The summed E-state index contributed by atoms with van der Waals surface area (Å²) in [6.45, 7) is 1.87. The molecule has 24 heavy (non-hydrogen) atoms. The minimum atomic E-state index is -0.185. The summed E-state index contributed by atoms with van der Waals surface area (Å²) in [5, 5.41) is 8.56. The van der Waals surface area contributed by atoms with E-state index in [0.29, 0.717) is 16.2 Å². The van der Waals surface area contributed by atoms with E-state index in [9.17, 15) is 4.79 Å². The number of benzene rings is 1. The molecule has 0 bridgehead atoms. The van der Waals surface area contributed by atoms with Crippen LogP contribution in [0, 0.1) is 6.92 Å². The first-order chi connectivity index (χ1) is 11.5. The fourth-order valence-electron chi connectivity index (χ4n) is 3.45. The van der Waals surface area contributed by atoms with E-state index in [4.69, 9.17) is 11.6 Å². The number of carbonyl (C=O) groups excluding carboxylic acids is 1. The number of nitrogens with zero attached hydrogens (tertiary/aromatic N) is 3. The maximum Gasteiger partial charge on any atom is 0.254 e. The zero-order valence-electron chi connectivity index (χ0n) is 13.5. The molecule has 122 valence electrons. The molecule has 1 aliphatic carbocycles. The van der Waals surface area contributed by atoms with Crippen molar-refractivity contribution < 1.29 is 4.79 Å². The van der Waals surface area contributed by atoms with Crippen molar-refractivity contribution in [1.82, 2.24) is 20.1 Å². The van der Waals surface area contributed by atoms with Crippen LogP contribution in [-0.4, -0.2) is 26.7 Å². The molecular formula is C18H17ClN4O. The van der Waals surface area contributed by atoms with Gasteiger partial charge in [-0.3, -0.25) is 9.48 Å². The first kappa shape index (κ1) is 15.1. The second-order valence-corrected chi connectivity index (χ2v) is 6.62. The zero-order chi connectivity index (χ0) is 16.8. The van der Waals surface area contributed by atoms with Crippen molar-refractivity contribution in [1.29, 1.82) is 0 Å². The van der Waals surface area contributed by atoms with Crippen molar-refractivity contribution in [3.63, 3.8) is 0 Å². The van der Waals surface area contributed by atoms with Gasteiger partial charge in [-0.25, -0.2) is 4.98 Å². The number of halogens is 1. The third kappa shape index (κ3) is 2.36. The molecule has 4 rings (SSSR count). The van der Waals surface area contributed by atoms with Crippen molar-refractivity contribution in [2.75, 3.05) is 0 Å². The van der Waals surface area contributed by atoms with Gasteiger partial charge in [0.15, 0.2) is 5.65 Å². The van der Waals surface area contributed by atoms with Crippen molar-refractivity contribution >= 4 is 28.5 Å². The predicted molar refractivity (Wildman–Crippen MR) is 93.4 cm³/mol. The van der Waals surface area contributed by atoms with Gasteiger partial charge in [0, 0.05) is 19.3 Å². The van der Waals surface area contributed by atoms with Gasteiger partial charge in [0.25, 0.3) is 5.91 Å². The van der Waals surface area contributed by atoms with Gasteiger partial charge in [0.05, 0.1) is 21.7 Å². The Kier molecular flexibility index (Phi) is 3.53. The third-order valence-electron chi connectivity index (χ3n) is 4.59. The smallest absolute Gasteiger partial charge is 0.254 e. The molecule has 0 saturated heterocycles. The number of carbonyl (C=O) groups is 1. The lowest BCUT2D eigenvalue weighted by molar-refractivity contribution is 0.0938. The molecule has 2 heterocycles. The SMILES string of the molecule is Cc1nn(C)c2ncc(C(=O)NC3Cc4ccccc4C3)c(Cl)c12. The van der Waals surface area contributed by atoms with Gasteiger partial charge in [-0.05, 0) is 30.9 Å². The summed E-state index contributed by atoms with van der Waals surface area (Å²) in [4.78, 5) is 17.0. The molecule has 0 unspecified atom stereocenters. The molecule has 6 heteroatoms. The predicted octanol–water partition coefficient (Wildman–Crippen LogP) is 2.83. The van der Waals surface area contributed by atoms with Crippen LogP contribution >= 0.6 is 11.6 Å². The van der Waals surface area contributed by atoms with Gasteiger partial charge in [-0.1, -0.05) is 35.9 Å². The quantitative estimate of drug-likeness (QED) is 0.780. The number of fused-ring (bicyclic) bond motifs is 2. The van der Waals surface area contributed by atoms with E-state index in [-0.39, 0.29) is 11.9 Å². The average molecular weight is 341 g/mol. The van der Waals surface area contributed by atoms with Crippen LogP contribution in [0.5, 0.6) is 0 Å². The van der Waals surface area contributed by atoms with Gasteiger partial charge >= 0.3 is 0 Å². The molecule has 1 amide bonds. The fraction of sp³-hybridized carbons (Fsp3) is 0.278. The summed E-state index contributed by atoms with van der Waals surface area (Å²) in [6, 6.07) is 8.38. The van der Waals surface area contributed by atoms with E-state index >= 15 is 0 Å². The number of nitrogens with one attached hydrogen (secondary N) is 1. The van der Waals surface area contributed by atoms with E-state index in [1.165, 1.54) is 17.3 Å². The fourth-order valence-corrected chi connectivity index (χ4v) is 3.81. The lowest BCUT2D eigenvalue weighted by atomic mass is 10.1. The molecule has 1 aliphatic rings. The Bertz CT molecular complexity index is 938. The Labute approximate surface area is 144 Å². The Balaban J connectivity index is 1.61. The van der Waals surface area contributed by atoms with Crippen molar-refractivity contribution in [2.45, 2.75) is 25.8 Å². The lowest BCUT2D eigenvalue weighted by Crippen LogP contribution is -2.35. The Morgan fingerprint density at radius 2 is 1.96 bits per heavy atom. The van der Waals surface area contributed by atoms with E-state index < -0.39 is 0 Å². The molecule has 5 nitrogen and oxygen atoms in total. The molecule has 3 aromatic rings. The van der Waals surface area contributed by atoms with Crippen LogP contribution in [0.15, 0.2) is 30.5 Å². The molecule has 0 radical (unpaired) electrons. The summed E-state index contributed by atoms with van der Waals surface area (Å²) < 4.78 is 1.67. The van der Waals surface area contributed by atoms with Crippen LogP contribution in [0.4, 0.5) is 0 Å². The molecule has 1 aromatic carbocycles. The van der Waals surface area contributed by atoms with Gasteiger partial charge in [-0.15, -0.1) is 0 Å². The summed E-state index contributed by atoms with van der Waals surface area (Å²) in [5.74, 6) is -0.185. The van der Waals surface area contributed by atoms with Crippen molar-refractivity contribution in [3.05, 3.63) is 57.9 Å². The highest BCUT2D eigenvalue weighted by Gasteiger charge is 2.25. The number of aromatic nitrogens is 3. The second-order valence-electron chi connectivity index (χ2n) is 6.24. The monoisotopic (exact) mass is 340 g/mol. The molecule has 0 saturated carbocycles. The topological polar surface area (TPSA) is 59.8 Å². The van der Waals surface area contributed by atoms with Crippen molar-refractivity contribution in [2.24, 2.45) is 7.05 Å². The highest BCUT2D eigenvalue weighted by atomic mass is 35.5. The molecule has 0 spiro atoms. The van der Waals surface area contributed by atoms with Gasteiger partial charge in [-0.2, -0.15) is 5.10 Å². The van der Waals surface area contributed by atoms with Crippen LogP contribution in [0.3, 0.4) is 0 Å². The van der Waals surface area contributed by atoms with Gasteiger partial charge < -0.3 is 5.32 Å². The number of pyridine rings is 1. The summed E-state index contributed by atoms with van der Waals surface area (Å²) in [5.41, 5.74) is 4.45. The number of hydrogen-bond donors (Lipinski definition) is 1. The molecule has 0 aliphatic heterocycles. The Morgan fingerprint density at radius 3 is 2.62 bits per heavy atom. The molecule has 1 N–H and O–H groups in total. The molecular weight excluding hydrogens is 324 g/mol. The van der Waals surface area contributed by atoms with Crippen molar-refractivity contribution in [3.8, 4) is 0 Å². The second kappa shape index (κ2) is 5.60. The summed E-state index contributed by atoms with van der Waals surface area (Å²) in [7, 11) is 1.81. The average Bonchev–Trinajstić information content (AvgIpc) is 3.08. The first-order valence-corrected chi connectivity index (χ1v) is 8.28. The number of aryl methyl sites for hydroxylation is 2. The Morgan fingerprint density at radius 1 is 1.29 bits per heavy atom. The van der Waals surface area contributed by atoms with Crippen LogP contribution in [0.25, 0.3) is 11.0 Å². The van der Waals surface area contributed by atoms with E-state index in [0.717, 1.165) is 23.9 Å². The number of hydrogen-bond acceptors (Lipinski definition) is 3. The van der Waals surface area contributed by atoms with E-state index in [1.54, 1.807) is 4.68 Å². The highest BCUT2D eigenvalue weighted by molar-refractivity contribution is 6.38. The Hall–Kier alpha value is -2.40. The van der Waals surface area contributed by atoms with Crippen LogP contribution in [0.1, 0.15) is 27.2 Å². The largest absolute Gasteiger partial charge is 0.349 e. The van der Waals surface area contributed by atoms with E-state index in [1.807, 2.05) is 26.1 Å². The van der Waals surface area contributed by atoms with Crippen LogP contribution in [-0.2, 0) is 19.9 Å². The number of rotatable bonds is 2. The van der Waals surface area contributed by atoms with Gasteiger partial charge in [0.1, 0.15) is 0 Å². The minimum absolute atomic E-state index is 0.0941. The maximum atomic E-state index is 12.7. The molecule has 0 atom stereocenters.